The number of nitrogens with zero attached hydrogens (tertiary/aromatic N) is 1. The summed E-state index contributed by atoms with van der Waals surface area (Å²) in [7, 11) is 1.82. The van der Waals surface area contributed by atoms with Gasteiger partial charge >= 0.3 is 0 Å². The van der Waals surface area contributed by atoms with Gasteiger partial charge < -0.3 is 4.57 Å². The third-order valence-electron chi connectivity index (χ3n) is 2.55. The van der Waals surface area contributed by atoms with Crippen LogP contribution in [0.15, 0.2) is 17.1 Å². The first-order valence-corrected chi connectivity index (χ1v) is 4.46. The standard InChI is InChI=1S/C10H13NO/c1-11-7-9-5-3-2-4-8(9)6-10(11)12/h6-7H,2-5H2,1H3. The Morgan fingerprint density at radius 2 is 1.92 bits per heavy atom. The van der Waals surface area contributed by atoms with Crippen LogP contribution in [0.5, 0.6) is 0 Å². The third kappa shape index (κ3) is 1.17. The second kappa shape index (κ2) is 2.77. The average Bonchev–Trinajstić information content (AvgIpc) is 2.07. The van der Waals surface area contributed by atoms with E-state index in [0.717, 1.165) is 12.8 Å². The van der Waals surface area contributed by atoms with Gasteiger partial charge in [-0.15, -0.1) is 0 Å². The Kier molecular flexibility index (Phi) is 1.75. The van der Waals surface area contributed by atoms with Crippen molar-refractivity contribution in [2.75, 3.05) is 0 Å². The summed E-state index contributed by atoms with van der Waals surface area (Å²) in [6.45, 7) is 0. The van der Waals surface area contributed by atoms with Crippen LogP contribution in [0.3, 0.4) is 0 Å². The van der Waals surface area contributed by atoms with Crippen LogP contribution in [0.2, 0.25) is 0 Å². The van der Waals surface area contributed by atoms with E-state index in [9.17, 15) is 4.79 Å². The molecule has 0 aliphatic heterocycles. The minimum atomic E-state index is 0.121. The van der Waals surface area contributed by atoms with Gasteiger partial charge in [0.15, 0.2) is 0 Å². The van der Waals surface area contributed by atoms with Gasteiger partial charge in [0.1, 0.15) is 0 Å². The molecule has 0 atom stereocenters. The molecule has 0 radical (unpaired) electrons. The van der Waals surface area contributed by atoms with Gasteiger partial charge in [-0.1, -0.05) is 0 Å². The highest BCUT2D eigenvalue weighted by Crippen LogP contribution is 2.18. The molecule has 1 aromatic rings. The summed E-state index contributed by atoms with van der Waals surface area (Å²) < 4.78 is 1.67. The molecule has 12 heavy (non-hydrogen) atoms. The van der Waals surface area contributed by atoms with Crippen molar-refractivity contribution in [3.05, 3.63) is 33.7 Å². The van der Waals surface area contributed by atoms with Gasteiger partial charge in [0, 0.05) is 19.3 Å². The molecule has 1 heterocycles. The van der Waals surface area contributed by atoms with E-state index in [4.69, 9.17) is 0 Å². The largest absolute Gasteiger partial charge is 0.318 e. The second-order valence-electron chi connectivity index (χ2n) is 3.48. The van der Waals surface area contributed by atoms with Gasteiger partial charge in [0.25, 0.3) is 5.56 Å². The van der Waals surface area contributed by atoms with Crippen molar-refractivity contribution in [2.45, 2.75) is 25.7 Å². The predicted molar refractivity (Wildman–Crippen MR) is 48.3 cm³/mol. The normalized spacial score (nSPS) is 15.8. The second-order valence-corrected chi connectivity index (χ2v) is 3.48. The summed E-state index contributed by atoms with van der Waals surface area (Å²) in [6, 6.07) is 1.79. The van der Waals surface area contributed by atoms with Crippen LogP contribution < -0.4 is 5.56 Å². The molecule has 0 spiro atoms. The van der Waals surface area contributed by atoms with E-state index in [1.165, 1.54) is 24.0 Å². The van der Waals surface area contributed by atoms with Crippen LogP contribution >= 0.6 is 0 Å². The maximum atomic E-state index is 11.3. The van der Waals surface area contributed by atoms with E-state index in [0.29, 0.717) is 0 Å². The van der Waals surface area contributed by atoms with Crippen LogP contribution in [0.1, 0.15) is 24.0 Å². The minimum absolute atomic E-state index is 0.121. The molecule has 0 fully saturated rings. The average molecular weight is 163 g/mol. The van der Waals surface area contributed by atoms with Crippen molar-refractivity contribution < 1.29 is 0 Å². The number of pyridine rings is 1. The van der Waals surface area contributed by atoms with Gasteiger partial charge in [-0.25, -0.2) is 0 Å². The lowest BCUT2D eigenvalue weighted by atomic mass is 9.93. The van der Waals surface area contributed by atoms with Crippen LogP contribution in [0.4, 0.5) is 0 Å². The highest BCUT2D eigenvalue weighted by Gasteiger charge is 2.09. The molecule has 2 heteroatoms. The SMILES string of the molecule is Cn1cc2c(cc1=O)CCCC2. The van der Waals surface area contributed by atoms with Crippen LogP contribution in [0, 0.1) is 0 Å². The lowest BCUT2D eigenvalue weighted by molar-refractivity contribution is 0.668. The van der Waals surface area contributed by atoms with E-state index in [2.05, 4.69) is 0 Å². The molecule has 0 N–H and O–H groups in total. The Bertz CT molecular complexity index is 351. The fourth-order valence-electron chi connectivity index (χ4n) is 1.81. The minimum Gasteiger partial charge on any atom is -0.318 e. The maximum absolute atomic E-state index is 11.3. The predicted octanol–water partition coefficient (Wildman–Crippen LogP) is 1.26. The Morgan fingerprint density at radius 1 is 1.25 bits per heavy atom. The van der Waals surface area contributed by atoms with E-state index >= 15 is 0 Å². The summed E-state index contributed by atoms with van der Waals surface area (Å²) in [5.74, 6) is 0. The topological polar surface area (TPSA) is 22.0 Å². The fourth-order valence-corrected chi connectivity index (χ4v) is 1.81. The first-order valence-electron chi connectivity index (χ1n) is 4.46. The molecule has 0 saturated heterocycles. The molecule has 2 nitrogen and oxygen atoms in total. The number of aromatic nitrogens is 1. The summed E-state index contributed by atoms with van der Waals surface area (Å²) in [4.78, 5) is 11.3. The number of aryl methyl sites for hydroxylation is 3. The van der Waals surface area contributed by atoms with E-state index in [1.807, 2.05) is 13.2 Å². The molecular formula is C10H13NO. The van der Waals surface area contributed by atoms with E-state index < -0.39 is 0 Å². The van der Waals surface area contributed by atoms with Gasteiger partial charge in [-0.05, 0) is 36.8 Å². The molecular weight excluding hydrogens is 150 g/mol. The van der Waals surface area contributed by atoms with Crippen molar-refractivity contribution in [3.63, 3.8) is 0 Å². The molecule has 64 valence electrons. The number of fused-ring (bicyclic) bond motifs is 1. The van der Waals surface area contributed by atoms with Crippen molar-refractivity contribution in [2.24, 2.45) is 7.05 Å². The van der Waals surface area contributed by atoms with Gasteiger partial charge in [0.2, 0.25) is 0 Å². The Morgan fingerprint density at radius 3 is 2.67 bits per heavy atom. The number of hydrogen-bond donors (Lipinski definition) is 0. The maximum Gasteiger partial charge on any atom is 0.250 e. The monoisotopic (exact) mass is 163 g/mol. The van der Waals surface area contributed by atoms with Crippen molar-refractivity contribution in [1.29, 1.82) is 0 Å². The summed E-state index contributed by atoms with van der Waals surface area (Å²) in [5.41, 5.74) is 2.75. The zero-order chi connectivity index (χ0) is 8.55. The molecule has 0 bridgehead atoms. The summed E-state index contributed by atoms with van der Waals surface area (Å²) >= 11 is 0. The summed E-state index contributed by atoms with van der Waals surface area (Å²) in [5, 5.41) is 0. The highest BCUT2D eigenvalue weighted by molar-refractivity contribution is 5.26. The molecule has 2 rings (SSSR count). The van der Waals surface area contributed by atoms with E-state index in [-0.39, 0.29) is 5.56 Å². The van der Waals surface area contributed by atoms with E-state index in [1.54, 1.807) is 10.6 Å². The van der Waals surface area contributed by atoms with Crippen LogP contribution in [-0.4, -0.2) is 4.57 Å². The Labute approximate surface area is 71.8 Å². The number of hydrogen-bond acceptors (Lipinski definition) is 1. The van der Waals surface area contributed by atoms with Crippen molar-refractivity contribution >= 4 is 0 Å². The molecule has 0 unspecified atom stereocenters. The Balaban J connectivity index is 2.56. The third-order valence-corrected chi connectivity index (χ3v) is 2.55. The zero-order valence-electron chi connectivity index (χ0n) is 7.34. The molecule has 1 aromatic heterocycles. The fraction of sp³-hybridized carbons (Fsp3) is 0.500. The van der Waals surface area contributed by atoms with Crippen LogP contribution in [-0.2, 0) is 19.9 Å². The quantitative estimate of drug-likeness (QED) is 0.564. The first-order chi connectivity index (χ1) is 5.77. The molecule has 1 aliphatic rings. The van der Waals surface area contributed by atoms with Gasteiger partial charge in [0.05, 0.1) is 0 Å². The lowest BCUT2D eigenvalue weighted by Gasteiger charge is -2.15. The lowest BCUT2D eigenvalue weighted by Crippen LogP contribution is -2.19. The van der Waals surface area contributed by atoms with Gasteiger partial charge in [-0.3, -0.25) is 4.79 Å². The molecule has 0 saturated carbocycles. The Hall–Kier alpha value is -1.05. The highest BCUT2D eigenvalue weighted by atomic mass is 16.1. The van der Waals surface area contributed by atoms with Crippen molar-refractivity contribution in [1.82, 2.24) is 4.57 Å². The summed E-state index contributed by atoms with van der Waals surface area (Å²) in [6.07, 6.45) is 6.72. The van der Waals surface area contributed by atoms with Crippen molar-refractivity contribution in [3.8, 4) is 0 Å². The van der Waals surface area contributed by atoms with Gasteiger partial charge in [-0.2, -0.15) is 0 Å². The molecule has 1 aliphatic carbocycles. The van der Waals surface area contributed by atoms with Crippen LogP contribution in [0.25, 0.3) is 0 Å². The molecule has 0 aromatic carbocycles. The molecule has 0 amide bonds. The zero-order valence-corrected chi connectivity index (χ0v) is 7.34. The smallest absolute Gasteiger partial charge is 0.250 e. The number of rotatable bonds is 0. The first kappa shape index (κ1) is 7.59.